The summed E-state index contributed by atoms with van der Waals surface area (Å²) >= 11 is 6.25. The first-order valence-electron chi connectivity index (χ1n) is 12.1. The molecule has 0 radical (unpaired) electrons. The fourth-order valence-electron chi connectivity index (χ4n) is 3.62. The Morgan fingerprint density at radius 1 is 0.821 bits per heavy atom. The first-order valence-corrected chi connectivity index (χ1v) is 12.5. The summed E-state index contributed by atoms with van der Waals surface area (Å²) in [7, 11) is 1.74. The van der Waals surface area contributed by atoms with Crippen molar-refractivity contribution in [3.8, 4) is 11.3 Å². The van der Waals surface area contributed by atoms with Crippen LogP contribution in [-0.4, -0.2) is 33.3 Å². The molecule has 10 heteroatoms. The van der Waals surface area contributed by atoms with Crippen LogP contribution in [0.3, 0.4) is 0 Å². The van der Waals surface area contributed by atoms with Gasteiger partial charge in [0.2, 0.25) is 0 Å². The number of halogens is 1. The van der Waals surface area contributed by atoms with Crippen LogP contribution >= 0.6 is 11.6 Å². The molecule has 0 unspecified atom stereocenters. The predicted octanol–water partition coefficient (Wildman–Crippen LogP) is 6.59. The van der Waals surface area contributed by atoms with Crippen LogP contribution in [0.1, 0.15) is 41.5 Å². The van der Waals surface area contributed by atoms with Crippen LogP contribution in [-0.2, 0) is 11.8 Å². The number of nitrogens with zero attached hydrogens (tertiary/aromatic N) is 2. The number of nitrogens with one attached hydrogen (secondary N) is 3. The van der Waals surface area contributed by atoms with E-state index in [1.165, 1.54) is 12.1 Å². The smallest absolute Gasteiger partial charge is 0.412 e. The molecule has 4 aromatic rings. The molecule has 0 aliphatic carbocycles. The summed E-state index contributed by atoms with van der Waals surface area (Å²) in [5.74, 6) is -0.123. The van der Waals surface area contributed by atoms with Crippen molar-refractivity contribution in [1.29, 1.82) is 0 Å². The van der Waals surface area contributed by atoms with Gasteiger partial charge in [0.1, 0.15) is 11.4 Å². The van der Waals surface area contributed by atoms with Gasteiger partial charge in [0.15, 0.2) is 0 Å². The maximum atomic E-state index is 12.9. The van der Waals surface area contributed by atoms with Crippen molar-refractivity contribution < 1.29 is 19.1 Å². The highest BCUT2D eigenvalue weighted by Crippen LogP contribution is 2.26. The minimum Gasteiger partial charge on any atom is -0.444 e. The SMILES string of the molecule is Cn1nc(-c2ccc(NC(=O)c3cc(NC(=O)OC(C)(C)C)ccc3Cl)cc2)cc1NC(=O)c1ccccc1. The van der Waals surface area contributed by atoms with Gasteiger partial charge in [-0.3, -0.25) is 19.6 Å². The lowest BCUT2D eigenvalue weighted by atomic mass is 10.1. The molecule has 1 heterocycles. The highest BCUT2D eigenvalue weighted by Gasteiger charge is 2.18. The summed E-state index contributed by atoms with van der Waals surface area (Å²) < 4.78 is 6.84. The third-order valence-corrected chi connectivity index (χ3v) is 5.78. The molecular weight excluding hydrogens is 518 g/mol. The van der Waals surface area contributed by atoms with Gasteiger partial charge in [0.05, 0.1) is 16.3 Å². The van der Waals surface area contributed by atoms with E-state index in [1.54, 1.807) is 81.0 Å². The van der Waals surface area contributed by atoms with Crippen molar-refractivity contribution in [3.63, 3.8) is 0 Å². The third kappa shape index (κ3) is 7.24. The number of carbonyl (C=O) groups is 3. The van der Waals surface area contributed by atoms with Crippen molar-refractivity contribution in [2.45, 2.75) is 26.4 Å². The molecule has 0 spiro atoms. The van der Waals surface area contributed by atoms with Gasteiger partial charge in [-0.15, -0.1) is 0 Å². The van der Waals surface area contributed by atoms with Crippen LogP contribution in [0.5, 0.6) is 0 Å². The van der Waals surface area contributed by atoms with Crippen molar-refractivity contribution in [2.75, 3.05) is 16.0 Å². The summed E-state index contributed by atoms with van der Waals surface area (Å²) in [5, 5.41) is 13.0. The van der Waals surface area contributed by atoms with Crippen LogP contribution in [0.15, 0.2) is 78.9 Å². The lowest BCUT2D eigenvalue weighted by molar-refractivity contribution is 0.0635. The second-order valence-corrected chi connectivity index (χ2v) is 10.1. The Balaban J connectivity index is 1.43. The highest BCUT2D eigenvalue weighted by molar-refractivity contribution is 6.34. The van der Waals surface area contributed by atoms with Crippen molar-refractivity contribution >= 4 is 46.7 Å². The quantitative estimate of drug-likeness (QED) is 0.253. The Morgan fingerprint density at radius 3 is 2.15 bits per heavy atom. The van der Waals surface area contributed by atoms with E-state index in [0.717, 1.165) is 5.56 Å². The number of carbonyl (C=O) groups excluding carboxylic acids is 3. The molecule has 3 amide bonds. The molecule has 9 nitrogen and oxygen atoms in total. The fraction of sp³-hybridized carbons (Fsp3) is 0.172. The van der Waals surface area contributed by atoms with E-state index in [-0.39, 0.29) is 16.5 Å². The zero-order chi connectivity index (χ0) is 28.2. The third-order valence-electron chi connectivity index (χ3n) is 5.45. The Kier molecular flexibility index (Phi) is 8.01. The zero-order valence-corrected chi connectivity index (χ0v) is 22.7. The molecule has 0 aliphatic rings. The number of aryl methyl sites for hydroxylation is 1. The summed E-state index contributed by atoms with van der Waals surface area (Å²) in [5.41, 5.74) is 2.45. The summed E-state index contributed by atoms with van der Waals surface area (Å²) in [4.78, 5) is 37.5. The lowest BCUT2D eigenvalue weighted by Gasteiger charge is -2.20. The lowest BCUT2D eigenvalue weighted by Crippen LogP contribution is -2.27. The Hall–Kier alpha value is -4.63. The monoisotopic (exact) mass is 545 g/mol. The molecule has 1 aromatic heterocycles. The van der Waals surface area contributed by atoms with E-state index in [2.05, 4.69) is 21.0 Å². The minimum atomic E-state index is -0.657. The van der Waals surface area contributed by atoms with Gasteiger partial charge in [-0.2, -0.15) is 5.10 Å². The molecule has 0 saturated carbocycles. The van der Waals surface area contributed by atoms with Gasteiger partial charge in [-0.25, -0.2) is 4.79 Å². The Morgan fingerprint density at radius 2 is 1.49 bits per heavy atom. The van der Waals surface area contributed by atoms with Gasteiger partial charge >= 0.3 is 6.09 Å². The second-order valence-electron chi connectivity index (χ2n) is 9.71. The van der Waals surface area contributed by atoms with E-state index in [4.69, 9.17) is 16.3 Å². The number of amides is 3. The van der Waals surface area contributed by atoms with Crippen LogP contribution in [0.2, 0.25) is 5.02 Å². The van der Waals surface area contributed by atoms with E-state index in [1.807, 2.05) is 18.2 Å². The Labute approximate surface area is 231 Å². The molecule has 0 saturated heterocycles. The fourth-order valence-corrected chi connectivity index (χ4v) is 3.83. The second kappa shape index (κ2) is 11.4. The molecule has 3 aromatic carbocycles. The molecule has 3 N–H and O–H groups in total. The number of aromatic nitrogens is 2. The topological polar surface area (TPSA) is 114 Å². The number of hydrogen-bond acceptors (Lipinski definition) is 5. The standard InChI is InChI=1S/C29H28ClN5O4/c1-29(2,3)39-28(38)32-21-14-15-23(30)22(16-21)27(37)31-20-12-10-18(11-13-20)24-17-25(35(4)34-24)33-26(36)19-8-6-5-7-9-19/h5-17H,1-4H3,(H,31,37)(H,32,38)(H,33,36). The molecule has 0 aliphatic heterocycles. The van der Waals surface area contributed by atoms with E-state index < -0.39 is 17.6 Å². The van der Waals surface area contributed by atoms with Gasteiger partial charge in [0.25, 0.3) is 11.8 Å². The maximum Gasteiger partial charge on any atom is 0.412 e. The maximum absolute atomic E-state index is 12.9. The normalized spacial score (nSPS) is 11.0. The van der Waals surface area contributed by atoms with Crippen molar-refractivity contribution in [1.82, 2.24) is 9.78 Å². The molecule has 39 heavy (non-hydrogen) atoms. The van der Waals surface area contributed by atoms with Gasteiger partial charge < -0.3 is 15.4 Å². The first kappa shape index (κ1) is 27.4. The molecular formula is C29H28ClN5O4. The number of anilines is 3. The first-order chi connectivity index (χ1) is 18.5. The van der Waals surface area contributed by atoms with Crippen molar-refractivity contribution in [3.05, 3.63) is 95.0 Å². The molecule has 0 fully saturated rings. The molecule has 0 bridgehead atoms. The minimum absolute atomic E-state index is 0.192. The summed E-state index contributed by atoms with van der Waals surface area (Å²) in [6.45, 7) is 5.28. The van der Waals surface area contributed by atoms with Crippen LogP contribution in [0.4, 0.5) is 22.0 Å². The van der Waals surface area contributed by atoms with E-state index >= 15 is 0 Å². The number of benzene rings is 3. The highest BCUT2D eigenvalue weighted by atomic mass is 35.5. The largest absolute Gasteiger partial charge is 0.444 e. The van der Waals surface area contributed by atoms with Crippen LogP contribution in [0.25, 0.3) is 11.3 Å². The van der Waals surface area contributed by atoms with E-state index in [9.17, 15) is 14.4 Å². The summed E-state index contributed by atoms with van der Waals surface area (Å²) in [6.07, 6.45) is -0.635. The average molecular weight is 546 g/mol. The van der Waals surface area contributed by atoms with Crippen LogP contribution < -0.4 is 16.0 Å². The van der Waals surface area contributed by atoms with E-state index in [0.29, 0.717) is 28.5 Å². The molecule has 4 rings (SSSR count). The van der Waals surface area contributed by atoms with Gasteiger partial charge in [-0.05, 0) is 63.2 Å². The average Bonchev–Trinajstić information content (AvgIpc) is 3.24. The summed E-state index contributed by atoms with van der Waals surface area (Å²) in [6, 6.07) is 22.4. The Bertz CT molecular complexity index is 1510. The molecule has 0 atom stereocenters. The number of ether oxygens (including phenoxy) is 1. The molecule has 200 valence electrons. The van der Waals surface area contributed by atoms with Crippen LogP contribution in [0, 0.1) is 0 Å². The zero-order valence-electron chi connectivity index (χ0n) is 21.9. The van der Waals surface area contributed by atoms with Gasteiger partial charge in [-0.1, -0.05) is 41.9 Å². The predicted molar refractivity (Wildman–Crippen MR) is 152 cm³/mol. The number of rotatable bonds is 6. The number of hydrogen-bond donors (Lipinski definition) is 3. The van der Waals surface area contributed by atoms with Crippen molar-refractivity contribution in [2.24, 2.45) is 7.05 Å². The van der Waals surface area contributed by atoms with Gasteiger partial charge in [0, 0.05) is 35.6 Å².